The molecule has 1 rings (SSSR count). The second-order valence-electron chi connectivity index (χ2n) is 2.73. The quantitative estimate of drug-likeness (QED) is 0.927. The third-order valence-corrected chi connectivity index (χ3v) is 1.59. The van der Waals surface area contributed by atoms with Crippen molar-refractivity contribution in [1.82, 2.24) is 0 Å². The number of hydrogen-bond donors (Lipinski definition) is 1. The first-order valence-corrected chi connectivity index (χ1v) is 4.06. The lowest BCUT2D eigenvalue weighted by Gasteiger charge is -2.08. The highest BCUT2D eigenvalue weighted by molar-refractivity contribution is 8.93. The monoisotopic (exact) mass is 285 g/mol. The lowest BCUT2D eigenvalue weighted by molar-refractivity contribution is -0.274. The van der Waals surface area contributed by atoms with Crippen LogP contribution < -0.4 is 10.5 Å². The van der Waals surface area contributed by atoms with E-state index in [0.29, 0.717) is 13.0 Å². The van der Waals surface area contributed by atoms with Crippen LogP contribution in [-0.4, -0.2) is 12.9 Å². The zero-order chi connectivity index (χ0) is 10.6. The Morgan fingerprint density at radius 2 is 1.67 bits per heavy atom. The van der Waals surface area contributed by atoms with E-state index in [1.807, 2.05) is 0 Å². The second kappa shape index (κ2) is 5.97. The maximum atomic E-state index is 11.7. The fourth-order valence-electron chi connectivity index (χ4n) is 1.02. The van der Waals surface area contributed by atoms with Crippen LogP contribution >= 0.6 is 17.0 Å². The van der Waals surface area contributed by atoms with Gasteiger partial charge in [0.05, 0.1) is 0 Å². The minimum absolute atomic E-state index is 0. The van der Waals surface area contributed by atoms with Gasteiger partial charge < -0.3 is 10.5 Å². The van der Waals surface area contributed by atoms with Crippen molar-refractivity contribution in [2.45, 2.75) is 12.8 Å². The van der Waals surface area contributed by atoms with Crippen molar-refractivity contribution in [1.29, 1.82) is 0 Å². The molecular weight excluding hydrogens is 275 g/mol. The van der Waals surface area contributed by atoms with Gasteiger partial charge in [0.1, 0.15) is 5.75 Å². The Labute approximate surface area is 96.0 Å². The number of hydrogen-bond acceptors (Lipinski definition) is 2. The summed E-state index contributed by atoms with van der Waals surface area (Å²) in [5.74, 6) is -0.210. The molecule has 0 atom stereocenters. The molecule has 1 aromatic carbocycles. The van der Waals surface area contributed by atoms with E-state index >= 15 is 0 Å². The molecule has 2 N–H and O–H groups in total. The maximum absolute atomic E-state index is 11.7. The molecule has 0 saturated heterocycles. The number of halogens is 4. The molecule has 0 spiro atoms. The minimum atomic E-state index is -4.63. The van der Waals surface area contributed by atoms with Crippen molar-refractivity contribution in [3.05, 3.63) is 29.8 Å². The largest absolute Gasteiger partial charge is 0.573 e. The molecule has 0 aliphatic heterocycles. The summed E-state index contributed by atoms with van der Waals surface area (Å²) >= 11 is 0. The molecule has 0 aromatic heterocycles. The van der Waals surface area contributed by atoms with Crippen LogP contribution in [0.5, 0.6) is 5.75 Å². The summed E-state index contributed by atoms with van der Waals surface area (Å²) < 4.78 is 38.9. The average Bonchev–Trinajstić information content (AvgIpc) is 2.06. The molecule has 0 unspecified atom stereocenters. The zero-order valence-electron chi connectivity index (χ0n) is 7.75. The van der Waals surface area contributed by atoms with E-state index in [1.54, 1.807) is 12.1 Å². The van der Waals surface area contributed by atoms with Crippen molar-refractivity contribution < 1.29 is 17.9 Å². The first-order chi connectivity index (χ1) is 6.51. The van der Waals surface area contributed by atoms with Gasteiger partial charge in [0.2, 0.25) is 0 Å². The normalized spacial score (nSPS) is 10.7. The van der Waals surface area contributed by atoms with Gasteiger partial charge >= 0.3 is 6.36 Å². The predicted molar refractivity (Wildman–Crippen MR) is 56.2 cm³/mol. The molecule has 0 heterocycles. The van der Waals surface area contributed by atoms with E-state index in [-0.39, 0.29) is 22.7 Å². The number of nitrogens with two attached hydrogens (primary N) is 1. The zero-order valence-corrected chi connectivity index (χ0v) is 9.46. The molecule has 0 aliphatic rings. The van der Waals surface area contributed by atoms with Gasteiger partial charge in [-0.05, 0) is 30.7 Å². The van der Waals surface area contributed by atoms with Gasteiger partial charge in [-0.3, -0.25) is 0 Å². The summed E-state index contributed by atoms with van der Waals surface area (Å²) in [5.41, 5.74) is 6.18. The number of alkyl halides is 3. The molecule has 0 amide bonds. The van der Waals surface area contributed by atoms with Crippen molar-refractivity contribution in [3.8, 4) is 5.75 Å². The highest BCUT2D eigenvalue weighted by atomic mass is 79.9. The summed E-state index contributed by atoms with van der Waals surface area (Å²) in [4.78, 5) is 0. The molecule has 86 valence electrons. The van der Waals surface area contributed by atoms with Crippen LogP contribution in [0.3, 0.4) is 0 Å². The summed E-state index contributed by atoms with van der Waals surface area (Å²) in [5, 5.41) is 0. The van der Waals surface area contributed by atoms with Crippen molar-refractivity contribution in [3.63, 3.8) is 0 Å². The smallest absolute Gasteiger partial charge is 0.406 e. The molecule has 0 bridgehead atoms. The van der Waals surface area contributed by atoms with E-state index in [9.17, 15) is 13.2 Å². The molecule has 0 fully saturated rings. The predicted octanol–water partition coefficient (Wildman–Crippen LogP) is 2.66. The van der Waals surface area contributed by atoms with Crippen LogP contribution in [0.4, 0.5) is 13.2 Å². The maximum Gasteiger partial charge on any atom is 0.573 e. The molecule has 0 aliphatic carbocycles. The highest BCUT2D eigenvalue weighted by Gasteiger charge is 2.30. The van der Waals surface area contributed by atoms with E-state index in [2.05, 4.69) is 4.74 Å². The van der Waals surface area contributed by atoms with Gasteiger partial charge in [-0.1, -0.05) is 12.1 Å². The van der Waals surface area contributed by atoms with E-state index < -0.39 is 6.36 Å². The topological polar surface area (TPSA) is 35.2 Å². The molecule has 15 heavy (non-hydrogen) atoms. The van der Waals surface area contributed by atoms with Gasteiger partial charge in [0, 0.05) is 0 Å². The summed E-state index contributed by atoms with van der Waals surface area (Å²) in [6.07, 6.45) is -3.98. The Bertz CT molecular complexity index is 286. The Balaban J connectivity index is 0.00000196. The third kappa shape index (κ3) is 5.64. The second-order valence-corrected chi connectivity index (χ2v) is 2.73. The fourth-order valence-corrected chi connectivity index (χ4v) is 1.02. The standard InChI is InChI=1S/C9H10F3NO.BrH/c10-9(11,12)14-8-3-1-7(2-4-8)5-6-13;/h1-4H,5-6,13H2;1H. The van der Waals surface area contributed by atoms with Gasteiger partial charge in [0.25, 0.3) is 0 Å². The lowest BCUT2D eigenvalue weighted by atomic mass is 10.1. The van der Waals surface area contributed by atoms with Crippen LogP contribution in [0.15, 0.2) is 24.3 Å². The average molecular weight is 286 g/mol. The van der Waals surface area contributed by atoms with E-state index in [4.69, 9.17) is 5.73 Å². The van der Waals surface area contributed by atoms with Crippen LogP contribution in [0.1, 0.15) is 5.56 Å². The number of rotatable bonds is 3. The van der Waals surface area contributed by atoms with E-state index in [1.165, 1.54) is 12.1 Å². The molecular formula is C9H11BrF3NO. The Hall–Kier alpha value is -0.750. The van der Waals surface area contributed by atoms with E-state index in [0.717, 1.165) is 5.56 Å². The van der Waals surface area contributed by atoms with Crippen molar-refractivity contribution >= 4 is 17.0 Å². The Morgan fingerprint density at radius 1 is 1.13 bits per heavy atom. The number of benzene rings is 1. The van der Waals surface area contributed by atoms with Crippen LogP contribution in [0.2, 0.25) is 0 Å². The fraction of sp³-hybridized carbons (Fsp3) is 0.333. The molecule has 1 aromatic rings. The Morgan fingerprint density at radius 3 is 2.07 bits per heavy atom. The first kappa shape index (κ1) is 14.2. The summed E-state index contributed by atoms with van der Waals surface area (Å²) in [6, 6.07) is 5.68. The highest BCUT2D eigenvalue weighted by Crippen LogP contribution is 2.22. The van der Waals surface area contributed by atoms with Crippen LogP contribution in [-0.2, 0) is 6.42 Å². The minimum Gasteiger partial charge on any atom is -0.406 e. The molecule has 0 saturated carbocycles. The van der Waals surface area contributed by atoms with Crippen LogP contribution in [0, 0.1) is 0 Å². The SMILES string of the molecule is Br.NCCc1ccc(OC(F)(F)F)cc1. The summed E-state index contributed by atoms with van der Waals surface area (Å²) in [7, 11) is 0. The molecule has 0 radical (unpaired) electrons. The lowest BCUT2D eigenvalue weighted by Crippen LogP contribution is -2.17. The van der Waals surface area contributed by atoms with Gasteiger partial charge in [-0.25, -0.2) is 0 Å². The Kier molecular flexibility index (Phi) is 5.67. The van der Waals surface area contributed by atoms with Crippen LogP contribution in [0.25, 0.3) is 0 Å². The molecule has 6 heteroatoms. The first-order valence-electron chi connectivity index (χ1n) is 4.06. The number of ether oxygens (including phenoxy) is 1. The third-order valence-electron chi connectivity index (χ3n) is 1.59. The van der Waals surface area contributed by atoms with Gasteiger partial charge in [0.15, 0.2) is 0 Å². The molecule has 2 nitrogen and oxygen atoms in total. The van der Waals surface area contributed by atoms with Gasteiger partial charge in [-0.15, -0.1) is 30.2 Å². The summed E-state index contributed by atoms with van der Waals surface area (Å²) in [6.45, 7) is 0.472. The van der Waals surface area contributed by atoms with Crippen molar-refractivity contribution in [2.24, 2.45) is 5.73 Å². The van der Waals surface area contributed by atoms with Crippen molar-refractivity contribution in [2.75, 3.05) is 6.54 Å². The van der Waals surface area contributed by atoms with Gasteiger partial charge in [-0.2, -0.15) is 0 Å².